The van der Waals surface area contributed by atoms with Crippen molar-refractivity contribution in [1.82, 2.24) is 14.2 Å². The average Bonchev–Trinajstić information content (AvgIpc) is 2.92. The number of fused-ring (bicyclic) bond motifs is 1. The van der Waals surface area contributed by atoms with Crippen LogP contribution in [-0.4, -0.2) is 14.2 Å². The second kappa shape index (κ2) is 4.21. The third-order valence-corrected chi connectivity index (χ3v) is 4.29. The van der Waals surface area contributed by atoms with E-state index in [1.54, 1.807) is 22.1 Å². The molecule has 0 saturated carbocycles. The fraction of sp³-hybridized carbons (Fsp3) is 0.100. The summed E-state index contributed by atoms with van der Waals surface area (Å²) in [6.07, 6.45) is 1.76. The fourth-order valence-electron chi connectivity index (χ4n) is 1.58. The Morgan fingerprint density at radius 3 is 3.06 bits per heavy atom. The van der Waals surface area contributed by atoms with Crippen molar-refractivity contribution in [2.24, 2.45) is 0 Å². The first-order valence-corrected chi connectivity index (χ1v) is 6.82. The van der Waals surface area contributed by atoms with Gasteiger partial charge < -0.3 is 4.57 Å². The van der Waals surface area contributed by atoms with Crippen LogP contribution in [0.1, 0.15) is 5.69 Å². The third kappa shape index (κ3) is 1.88. The van der Waals surface area contributed by atoms with Crippen LogP contribution in [0.5, 0.6) is 0 Å². The Morgan fingerprint density at radius 2 is 2.29 bits per heavy atom. The molecule has 0 aliphatic carbocycles. The summed E-state index contributed by atoms with van der Waals surface area (Å²) in [6, 6.07) is 3.76. The molecule has 0 bridgehead atoms. The van der Waals surface area contributed by atoms with Crippen LogP contribution < -0.4 is 5.56 Å². The van der Waals surface area contributed by atoms with Crippen molar-refractivity contribution in [2.75, 3.05) is 0 Å². The van der Waals surface area contributed by atoms with Gasteiger partial charge in [0.15, 0.2) is 0 Å². The Balaban J connectivity index is 2.09. The standard InChI is InChI=1S/C10H6ClN3OS2/c11-9-7(12-13-17-9)5-14-3-1-8-6(10(14)15)2-4-16-8/h1-4H,5H2. The molecule has 3 aromatic heterocycles. The van der Waals surface area contributed by atoms with Crippen LogP contribution in [-0.2, 0) is 6.54 Å². The molecule has 0 N–H and O–H groups in total. The van der Waals surface area contributed by atoms with Crippen molar-refractivity contribution in [3.63, 3.8) is 0 Å². The Hall–Kier alpha value is -1.24. The van der Waals surface area contributed by atoms with Crippen LogP contribution in [0.3, 0.4) is 0 Å². The van der Waals surface area contributed by atoms with Gasteiger partial charge in [0.25, 0.3) is 5.56 Å². The predicted molar refractivity (Wildman–Crippen MR) is 70.1 cm³/mol. The number of aromatic nitrogens is 3. The molecule has 0 atom stereocenters. The highest BCUT2D eigenvalue weighted by molar-refractivity contribution is 7.17. The molecule has 0 aliphatic heterocycles. The molecule has 3 heterocycles. The molecular formula is C10H6ClN3OS2. The lowest BCUT2D eigenvalue weighted by Crippen LogP contribution is -2.19. The molecule has 3 aromatic rings. The molecule has 7 heteroatoms. The number of thiophene rings is 1. The van der Waals surface area contributed by atoms with Gasteiger partial charge in [-0.05, 0) is 17.5 Å². The topological polar surface area (TPSA) is 47.8 Å². The maximum absolute atomic E-state index is 12.1. The van der Waals surface area contributed by atoms with E-state index < -0.39 is 0 Å². The Bertz CT molecular complexity index is 730. The van der Waals surface area contributed by atoms with Gasteiger partial charge in [-0.15, -0.1) is 16.4 Å². The van der Waals surface area contributed by atoms with E-state index >= 15 is 0 Å². The smallest absolute Gasteiger partial charge is 0.259 e. The Kier molecular flexibility index (Phi) is 2.70. The van der Waals surface area contributed by atoms with Gasteiger partial charge in [0.2, 0.25) is 0 Å². The first-order chi connectivity index (χ1) is 8.25. The van der Waals surface area contributed by atoms with Gasteiger partial charge >= 0.3 is 0 Å². The summed E-state index contributed by atoms with van der Waals surface area (Å²) in [6.45, 7) is 0.361. The van der Waals surface area contributed by atoms with Gasteiger partial charge in [-0.25, -0.2) is 0 Å². The van der Waals surface area contributed by atoms with Crippen molar-refractivity contribution in [1.29, 1.82) is 0 Å². The summed E-state index contributed by atoms with van der Waals surface area (Å²) in [4.78, 5) is 12.1. The highest BCUT2D eigenvalue weighted by Gasteiger charge is 2.09. The van der Waals surface area contributed by atoms with Gasteiger partial charge in [0.1, 0.15) is 10.0 Å². The molecular weight excluding hydrogens is 278 g/mol. The van der Waals surface area contributed by atoms with Gasteiger partial charge in [-0.3, -0.25) is 4.79 Å². The zero-order valence-corrected chi connectivity index (χ0v) is 10.8. The fourth-order valence-corrected chi connectivity index (χ4v) is 2.97. The molecule has 0 aromatic carbocycles. The lowest BCUT2D eigenvalue weighted by atomic mass is 10.3. The Labute approximate surface area is 109 Å². The van der Waals surface area contributed by atoms with Crippen LogP contribution in [0.4, 0.5) is 0 Å². The van der Waals surface area contributed by atoms with Crippen LogP contribution in [0, 0.1) is 0 Å². The van der Waals surface area contributed by atoms with Crippen LogP contribution in [0.2, 0.25) is 4.34 Å². The number of halogens is 1. The Morgan fingerprint density at radius 1 is 1.41 bits per heavy atom. The molecule has 0 aliphatic rings. The van der Waals surface area contributed by atoms with E-state index in [0.29, 0.717) is 16.6 Å². The average molecular weight is 284 g/mol. The first-order valence-electron chi connectivity index (χ1n) is 4.79. The predicted octanol–water partition coefficient (Wildman–Crippen LogP) is 2.62. The molecule has 0 spiro atoms. The molecule has 4 nitrogen and oxygen atoms in total. The lowest BCUT2D eigenvalue weighted by molar-refractivity contribution is 0.743. The number of pyridine rings is 1. The van der Waals surface area contributed by atoms with Crippen LogP contribution in [0.15, 0.2) is 28.5 Å². The summed E-state index contributed by atoms with van der Waals surface area (Å²) in [5.74, 6) is 0. The van der Waals surface area contributed by atoms with E-state index in [1.807, 2.05) is 17.5 Å². The normalized spacial score (nSPS) is 11.1. The van der Waals surface area contributed by atoms with E-state index in [4.69, 9.17) is 11.6 Å². The van der Waals surface area contributed by atoms with E-state index in [-0.39, 0.29) is 5.56 Å². The lowest BCUT2D eigenvalue weighted by Gasteiger charge is -2.02. The largest absolute Gasteiger partial charge is 0.309 e. The molecule has 0 unspecified atom stereocenters. The molecule has 17 heavy (non-hydrogen) atoms. The zero-order chi connectivity index (χ0) is 11.8. The molecule has 3 rings (SSSR count). The van der Waals surface area contributed by atoms with Gasteiger partial charge in [-0.2, -0.15) is 0 Å². The van der Waals surface area contributed by atoms with E-state index in [1.165, 1.54) is 0 Å². The van der Waals surface area contributed by atoms with Gasteiger partial charge in [-0.1, -0.05) is 16.1 Å². The maximum atomic E-state index is 12.1. The highest BCUT2D eigenvalue weighted by atomic mass is 35.5. The monoisotopic (exact) mass is 283 g/mol. The molecule has 0 amide bonds. The van der Waals surface area contributed by atoms with Gasteiger partial charge in [0, 0.05) is 22.4 Å². The summed E-state index contributed by atoms with van der Waals surface area (Å²) in [5.41, 5.74) is 0.612. The minimum absolute atomic E-state index is 0.0205. The number of rotatable bonds is 2. The molecule has 86 valence electrons. The molecule has 0 radical (unpaired) electrons. The van der Waals surface area contributed by atoms with E-state index in [9.17, 15) is 4.79 Å². The van der Waals surface area contributed by atoms with Crippen molar-refractivity contribution in [3.05, 3.63) is 44.1 Å². The van der Waals surface area contributed by atoms with Crippen LogP contribution in [0.25, 0.3) is 10.1 Å². The number of nitrogens with zero attached hydrogens (tertiary/aromatic N) is 3. The summed E-state index contributed by atoms with van der Waals surface area (Å²) in [7, 11) is 0. The van der Waals surface area contributed by atoms with Crippen LogP contribution >= 0.6 is 34.5 Å². The first kappa shape index (κ1) is 10.9. The number of hydrogen-bond acceptors (Lipinski definition) is 5. The van der Waals surface area contributed by atoms with Crippen molar-refractivity contribution < 1.29 is 0 Å². The third-order valence-electron chi connectivity index (χ3n) is 2.42. The van der Waals surface area contributed by atoms with Crippen molar-refractivity contribution >= 4 is 44.6 Å². The second-order valence-electron chi connectivity index (χ2n) is 3.44. The minimum Gasteiger partial charge on any atom is -0.309 e. The van der Waals surface area contributed by atoms with E-state index in [2.05, 4.69) is 9.59 Å². The summed E-state index contributed by atoms with van der Waals surface area (Å²) >= 11 is 8.60. The van der Waals surface area contributed by atoms with E-state index in [0.717, 1.165) is 21.6 Å². The molecule has 0 saturated heterocycles. The highest BCUT2D eigenvalue weighted by Crippen LogP contribution is 2.19. The minimum atomic E-state index is -0.0205. The quantitative estimate of drug-likeness (QED) is 0.726. The van der Waals surface area contributed by atoms with Crippen molar-refractivity contribution in [3.8, 4) is 0 Å². The SMILES string of the molecule is O=c1c2ccsc2ccn1Cc1nnsc1Cl. The summed E-state index contributed by atoms with van der Waals surface area (Å²) in [5, 5.41) is 6.54. The van der Waals surface area contributed by atoms with Gasteiger partial charge in [0.05, 0.1) is 11.9 Å². The summed E-state index contributed by atoms with van der Waals surface area (Å²) < 4.78 is 6.87. The zero-order valence-electron chi connectivity index (χ0n) is 8.46. The van der Waals surface area contributed by atoms with Crippen molar-refractivity contribution in [2.45, 2.75) is 6.54 Å². The maximum Gasteiger partial charge on any atom is 0.259 e. The molecule has 0 fully saturated rings. The number of hydrogen-bond donors (Lipinski definition) is 0. The second-order valence-corrected chi connectivity index (χ2v) is 5.74.